The smallest absolute Gasteiger partial charge is 0.257 e. The number of phenolic OH excluding ortho intramolecular Hbond substituents is 1. The maximum atomic E-state index is 13.0. The second-order valence-corrected chi connectivity index (χ2v) is 8.23. The molecule has 3 aromatic rings. The summed E-state index contributed by atoms with van der Waals surface area (Å²) in [5.41, 5.74) is 1.88. The van der Waals surface area contributed by atoms with Crippen LogP contribution in [0.4, 0.5) is 0 Å². The number of carbonyl (C=O) groups is 2. The largest absolute Gasteiger partial charge is 0.760 e. The molecule has 1 aromatic carbocycles. The normalized spacial score (nSPS) is 15.7. The molecular formula is C21H22N5O5S-. The third kappa shape index (κ3) is 4.86. The highest BCUT2D eigenvalue weighted by atomic mass is 32.2. The summed E-state index contributed by atoms with van der Waals surface area (Å²) in [5, 5.41) is 9.87. The number of nitrogens with one attached hydrogen (secondary N) is 1. The van der Waals surface area contributed by atoms with Crippen LogP contribution in [0.2, 0.25) is 0 Å². The van der Waals surface area contributed by atoms with E-state index in [0.717, 1.165) is 0 Å². The number of piperazine rings is 1. The number of aromatic hydroxyl groups is 1. The number of phenols is 1. The van der Waals surface area contributed by atoms with Crippen LogP contribution in [0.3, 0.4) is 0 Å². The zero-order chi connectivity index (χ0) is 22.7. The molecule has 1 fully saturated rings. The molecule has 1 atom stereocenters. The molecule has 10 nitrogen and oxygen atoms in total. The van der Waals surface area contributed by atoms with Gasteiger partial charge < -0.3 is 19.0 Å². The molecule has 4 rings (SSSR count). The van der Waals surface area contributed by atoms with Gasteiger partial charge in [-0.25, -0.2) is 9.71 Å². The van der Waals surface area contributed by atoms with Crippen molar-refractivity contribution >= 4 is 28.6 Å². The van der Waals surface area contributed by atoms with E-state index < -0.39 is 11.3 Å². The fraction of sp³-hybridized carbons (Fsp3) is 0.286. The molecule has 168 valence electrons. The van der Waals surface area contributed by atoms with Crippen LogP contribution >= 0.6 is 0 Å². The highest BCUT2D eigenvalue weighted by Gasteiger charge is 2.25. The van der Waals surface area contributed by atoms with E-state index in [0.29, 0.717) is 48.5 Å². The van der Waals surface area contributed by atoms with Crippen molar-refractivity contribution < 1.29 is 23.5 Å². The lowest BCUT2D eigenvalue weighted by Crippen LogP contribution is -2.50. The van der Waals surface area contributed by atoms with Gasteiger partial charge in [0.1, 0.15) is 11.4 Å². The standard InChI is InChI=1S/C21H23N5O5S/c27-18-4-3-15(12-16(18)13-23-32(30)31)19(28)14-24-8-10-26(11-9-24)21(29)17-2-1-6-25-7-5-22-20(17)25/h1-7,12,23,27H,8-11,13-14H2,(H,30,31)/p-1. The van der Waals surface area contributed by atoms with E-state index in [1.807, 2.05) is 17.2 Å². The minimum absolute atomic E-state index is 0.0841. The van der Waals surface area contributed by atoms with Gasteiger partial charge in [0.25, 0.3) is 5.91 Å². The molecule has 0 aliphatic carbocycles. The van der Waals surface area contributed by atoms with Crippen molar-refractivity contribution in [1.29, 1.82) is 0 Å². The first-order valence-corrected chi connectivity index (χ1v) is 11.1. The van der Waals surface area contributed by atoms with E-state index in [4.69, 9.17) is 0 Å². The van der Waals surface area contributed by atoms with Crippen molar-refractivity contribution in [3.05, 3.63) is 65.6 Å². The summed E-state index contributed by atoms with van der Waals surface area (Å²) < 4.78 is 25.3. The lowest BCUT2D eigenvalue weighted by molar-refractivity contribution is 0.0625. The summed E-state index contributed by atoms with van der Waals surface area (Å²) in [6.45, 7) is 2.16. The lowest BCUT2D eigenvalue weighted by Gasteiger charge is -2.34. The van der Waals surface area contributed by atoms with Crippen molar-refractivity contribution in [2.24, 2.45) is 0 Å². The number of carbonyl (C=O) groups excluding carboxylic acids is 2. The number of rotatable bonds is 7. The molecule has 1 aliphatic rings. The summed E-state index contributed by atoms with van der Waals surface area (Å²) in [6.07, 6.45) is 5.29. The van der Waals surface area contributed by atoms with Crippen LogP contribution in [0.25, 0.3) is 5.65 Å². The lowest BCUT2D eigenvalue weighted by atomic mass is 10.1. The van der Waals surface area contributed by atoms with Gasteiger partial charge in [0.2, 0.25) is 0 Å². The van der Waals surface area contributed by atoms with E-state index >= 15 is 0 Å². The van der Waals surface area contributed by atoms with E-state index in [1.54, 1.807) is 27.8 Å². The Morgan fingerprint density at radius 1 is 1.16 bits per heavy atom. The zero-order valence-electron chi connectivity index (χ0n) is 17.1. The van der Waals surface area contributed by atoms with Crippen LogP contribution in [0.1, 0.15) is 26.3 Å². The fourth-order valence-electron chi connectivity index (χ4n) is 3.73. The number of pyridine rings is 1. The van der Waals surface area contributed by atoms with Crippen LogP contribution < -0.4 is 4.72 Å². The first kappa shape index (κ1) is 22.1. The SMILES string of the molecule is O=C(CN1CCN(C(=O)c2cccn3ccnc23)CC1)c1ccc(O)c(CNS(=O)[O-])c1. The molecule has 32 heavy (non-hydrogen) atoms. The van der Waals surface area contributed by atoms with Gasteiger partial charge in [-0.1, -0.05) is 0 Å². The second-order valence-electron chi connectivity index (χ2n) is 7.47. The average Bonchev–Trinajstić information content (AvgIpc) is 3.27. The van der Waals surface area contributed by atoms with E-state index in [1.165, 1.54) is 18.2 Å². The Balaban J connectivity index is 1.35. The molecule has 2 N–H and O–H groups in total. The van der Waals surface area contributed by atoms with Gasteiger partial charge in [-0.3, -0.25) is 18.7 Å². The molecule has 1 unspecified atom stereocenters. The first-order valence-electron chi connectivity index (χ1n) is 10.0. The number of ketones is 1. The quantitative estimate of drug-likeness (QED) is 0.392. The molecule has 3 heterocycles. The predicted molar refractivity (Wildman–Crippen MR) is 116 cm³/mol. The van der Waals surface area contributed by atoms with Crippen LogP contribution in [0, 0.1) is 0 Å². The highest BCUT2D eigenvalue weighted by molar-refractivity contribution is 7.77. The van der Waals surface area contributed by atoms with Gasteiger partial charge >= 0.3 is 0 Å². The molecule has 1 aliphatic heterocycles. The zero-order valence-corrected chi connectivity index (χ0v) is 18.0. The number of benzene rings is 1. The fourth-order valence-corrected chi connectivity index (χ4v) is 4.00. The number of amides is 1. The van der Waals surface area contributed by atoms with Crippen molar-refractivity contribution in [2.75, 3.05) is 32.7 Å². The van der Waals surface area contributed by atoms with Crippen LogP contribution in [0.5, 0.6) is 5.75 Å². The van der Waals surface area contributed by atoms with Crippen molar-refractivity contribution in [3.8, 4) is 5.75 Å². The minimum atomic E-state index is -2.47. The van der Waals surface area contributed by atoms with Gasteiger partial charge in [-0.15, -0.1) is 0 Å². The predicted octanol–water partition coefficient (Wildman–Crippen LogP) is 0.564. The first-order chi connectivity index (χ1) is 15.4. The van der Waals surface area contributed by atoms with Crippen molar-refractivity contribution in [1.82, 2.24) is 23.9 Å². The van der Waals surface area contributed by atoms with E-state index in [9.17, 15) is 23.5 Å². The highest BCUT2D eigenvalue weighted by Crippen LogP contribution is 2.20. The van der Waals surface area contributed by atoms with Gasteiger partial charge in [0.05, 0.1) is 12.1 Å². The summed E-state index contributed by atoms with van der Waals surface area (Å²) in [6, 6.07) is 7.96. The van der Waals surface area contributed by atoms with Crippen molar-refractivity contribution in [3.63, 3.8) is 0 Å². The van der Waals surface area contributed by atoms with Gasteiger partial charge in [0, 0.05) is 73.7 Å². The summed E-state index contributed by atoms with van der Waals surface area (Å²) in [7, 11) is 0. The Labute approximate surface area is 186 Å². The minimum Gasteiger partial charge on any atom is -0.760 e. The molecule has 11 heteroatoms. The summed E-state index contributed by atoms with van der Waals surface area (Å²) in [4.78, 5) is 33.7. The molecule has 1 saturated heterocycles. The van der Waals surface area contributed by atoms with E-state index in [-0.39, 0.29) is 30.5 Å². The maximum Gasteiger partial charge on any atom is 0.257 e. The third-order valence-corrected chi connectivity index (χ3v) is 5.84. The van der Waals surface area contributed by atoms with Crippen LogP contribution in [-0.4, -0.2) is 77.5 Å². The Morgan fingerprint density at radius 2 is 1.94 bits per heavy atom. The van der Waals surface area contributed by atoms with Crippen LogP contribution in [0.15, 0.2) is 48.9 Å². The second kappa shape index (κ2) is 9.57. The van der Waals surface area contributed by atoms with Crippen molar-refractivity contribution in [2.45, 2.75) is 6.54 Å². The Hall–Kier alpha value is -3.12. The Morgan fingerprint density at radius 3 is 2.69 bits per heavy atom. The van der Waals surface area contributed by atoms with Gasteiger partial charge in [0.15, 0.2) is 5.78 Å². The number of Topliss-reactive ketones (excluding diaryl/α,β-unsaturated/α-hetero) is 1. The average molecular weight is 457 g/mol. The molecule has 1 amide bonds. The molecule has 0 bridgehead atoms. The number of hydrogen-bond donors (Lipinski definition) is 2. The van der Waals surface area contributed by atoms with Gasteiger partial charge in [-0.05, 0) is 30.3 Å². The Bertz CT molecular complexity index is 1170. The monoisotopic (exact) mass is 456 g/mol. The molecule has 0 radical (unpaired) electrons. The molecule has 2 aromatic heterocycles. The number of fused-ring (bicyclic) bond motifs is 1. The number of hydrogen-bond acceptors (Lipinski definition) is 7. The third-order valence-electron chi connectivity index (χ3n) is 5.46. The molecule has 0 spiro atoms. The summed E-state index contributed by atoms with van der Waals surface area (Å²) >= 11 is -2.47. The number of imidazole rings is 1. The number of nitrogens with zero attached hydrogens (tertiary/aromatic N) is 4. The van der Waals surface area contributed by atoms with E-state index in [2.05, 4.69) is 9.71 Å². The van der Waals surface area contributed by atoms with Crippen LogP contribution in [-0.2, 0) is 17.8 Å². The van der Waals surface area contributed by atoms with Gasteiger partial charge in [-0.2, -0.15) is 0 Å². The molecular weight excluding hydrogens is 434 g/mol. The number of aromatic nitrogens is 2. The molecule has 0 saturated carbocycles. The Kier molecular flexibility index (Phi) is 6.61. The summed E-state index contributed by atoms with van der Waals surface area (Å²) in [5.74, 6) is -0.310. The topological polar surface area (TPSA) is 130 Å². The maximum absolute atomic E-state index is 13.0.